The summed E-state index contributed by atoms with van der Waals surface area (Å²) in [4.78, 5) is 0.202. The van der Waals surface area contributed by atoms with Gasteiger partial charge in [-0.3, -0.25) is 0 Å². The van der Waals surface area contributed by atoms with Crippen LogP contribution in [0.25, 0.3) is 0 Å². The summed E-state index contributed by atoms with van der Waals surface area (Å²) in [5.74, 6) is 0. The molecule has 0 aliphatic carbocycles. The second-order valence-electron chi connectivity index (χ2n) is 7.04. The van der Waals surface area contributed by atoms with Crippen molar-refractivity contribution in [2.24, 2.45) is 0 Å². The van der Waals surface area contributed by atoms with E-state index in [4.69, 9.17) is 2.51 Å². The second kappa shape index (κ2) is 8.35. The first-order valence-electron chi connectivity index (χ1n) is 9.03. The first-order valence-corrected chi connectivity index (χ1v) is 13.5. The Balaban J connectivity index is 2.08. The van der Waals surface area contributed by atoms with E-state index < -0.39 is 30.4 Å². The maximum atomic E-state index is 13.0. The van der Waals surface area contributed by atoms with Gasteiger partial charge in [-0.25, -0.2) is 0 Å². The molecule has 5 heteroatoms. The molecule has 0 unspecified atom stereocenters. The molecule has 0 amide bonds. The van der Waals surface area contributed by atoms with Crippen LogP contribution in [0.15, 0.2) is 65.6 Å². The molecule has 0 N–H and O–H groups in total. The van der Waals surface area contributed by atoms with Crippen LogP contribution in [0.4, 0.5) is 0 Å². The molecule has 0 atom stereocenters. The number of hydrogen-bond acceptors (Lipinski definition) is 3. The van der Waals surface area contributed by atoms with Crippen LogP contribution in [0.5, 0.6) is 0 Å². The van der Waals surface area contributed by atoms with Crippen LogP contribution < -0.4 is 0 Å². The molecule has 0 radical (unpaired) electrons. The van der Waals surface area contributed by atoms with Crippen molar-refractivity contribution in [3.63, 3.8) is 0 Å². The van der Waals surface area contributed by atoms with Crippen molar-refractivity contribution in [1.29, 1.82) is 0 Å². The van der Waals surface area contributed by atoms with Gasteiger partial charge in [0.2, 0.25) is 0 Å². The molecule has 0 saturated carbocycles. The molecule has 0 bridgehead atoms. The Bertz CT molecular complexity index is 1050. The zero-order valence-electron chi connectivity index (χ0n) is 16.8. The van der Waals surface area contributed by atoms with Crippen molar-refractivity contribution in [2.45, 2.75) is 39.5 Å². The van der Waals surface area contributed by atoms with Crippen molar-refractivity contribution >= 4 is 30.4 Å². The molecule has 28 heavy (non-hydrogen) atoms. The fourth-order valence-electron chi connectivity index (χ4n) is 2.65. The Morgan fingerprint density at radius 2 is 1.11 bits per heavy atom. The van der Waals surface area contributed by atoms with Crippen LogP contribution in [0.2, 0.25) is 0 Å². The van der Waals surface area contributed by atoms with E-state index in [9.17, 15) is 8.42 Å². The van der Waals surface area contributed by atoms with Gasteiger partial charge in [-0.1, -0.05) is 0 Å². The first-order chi connectivity index (χ1) is 13.2. The number of benzene rings is 3. The minimum atomic E-state index is -3.85. The van der Waals surface area contributed by atoms with Crippen LogP contribution in [-0.4, -0.2) is 8.42 Å². The number of halogens is 1. The molecule has 0 saturated heterocycles. The quantitative estimate of drug-likeness (QED) is 0.392. The maximum absolute atomic E-state index is 13.0. The second-order valence-corrected chi connectivity index (χ2v) is 13.5. The van der Waals surface area contributed by atoms with E-state index in [1.54, 1.807) is 24.3 Å². The van der Waals surface area contributed by atoms with E-state index in [2.05, 4.69) is 26.0 Å². The van der Waals surface area contributed by atoms with Gasteiger partial charge in [0.15, 0.2) is 0 Å². The predicted octanol–water partition coefficient (Wildman–Crippen LogP) is 6.10. The van der Waals surface area contributed by atoms with Crippen molar-refractivity contribution in [3.8, 4) is 0 Å². The Morgan fingerprint density at radius 1 is 0.643 bits per heavy atom. The summed E-state index contributed by atoms with van der Waals surface area (Å²) < 4.78 is 34.0. The van der Waals surface area contributed by atoms with E-state index in [0.717, 1.165) is 23.8 Å². The number of hydrogen-bond donors (Lipinski definition) is 0. The van der Waals surface area contributed by atoms with Crippen LogP contribution in [0.1, 0.15) is 27.8 Å². The molecule has 3 rings (SSSR count). The molecular weight excluding hydrogens is 483 g/mol. The molecule has 3 nitrogen and oxygen atoms in total. The van der Waals surface area contributed by atoms with Gasteiger partial charge < -0.3 is 0 Å². The van der Waals surface area contributed by atoms with E-state index in [1.807, 2.05) is 45.0 Å². The monoisotopic (exact) mass is 508 g/mol. The summed E-state index contributed by atoms with van der Waals surface area (Å²) in [6.45, 7) is 10.1. The standard InChI is InChI=1S/C23H25IO3S/c1-16-6-12-23(13-7-16)28(25,26)27-24(21-10-8-17(2)19(4)14-21)22-11-9-18(3)20(5)15-22/h6-15H,1-5H3. The van der Waals surface area contributed by atoms with E-state index in [1.165, 1.54) is 11.1 Å². The van der Waals surface area contributed by atoms with Gasteiger partial charge in [0.1, 0.15) is 0 Å². The minimum absolute atomic E-state index is 0.202. The van der Waals surface area contributed by atoms with E-state index in [0.29, 0.717) is 0 Å². The summed E-state index contributed by atoms with van der Waals surface area (Å²) in [6.07, 6.45) is 0. The molecule has 0 aromatic heterocycles. The van der Waals surface area contributed by atoms with Gasteiger partial charge in [-0.05, 0) is 0 Å². The third kappa shape index (κ3) is 4.64. The van der Waals surface area contributed by atoms with E-state index in [-0.39, 0.29) is 4.90 Å². The number of aryl methyl sites for hydroxylation is 5. The van der Waals surface area contributed by atoms with Gasteiger partial charge in [0.25, 0.3) is 0 Å². The SMILES string of the molecule is Cc1ccc(S(=O)(=O)OI(c2ccc(C)c(C)c2)c2ccc(C)c(C)c2)cc1. The van der Waals surface area contributed by atoms with Gasteiger partial charge in [0.05, 0.1) is 0 Å². The average Bonchev–Trinajstić information content (AvgIpc) is 2.65. The third-order valence-corrected chi connectivity index (χ3v) is 12.0. The van der Waals surface area contributed by atoms with Crippen molar-refractivity contribution in [2.75, 3.05) is 0 Å². The summed E-state index contributed by atoms with van der Waals surface area (Å²) in [7, 11) is -3.85. The van der Waals surface area contributed by atoms with Crippen LogP contribution in [0, 0.1) is 41.8 Å². The Kier molecular flexibility index (Phi) is 6.27. The molecule has 3 aromatic carbocycles. The topological polar surface area (TPSA) is 43.4 Å². The zero-order chi connectivity index (χ0) is 20.5. The van der Waals surface area contributed by atoms with Crippen LogP contribution >= 0.6 is 20.2 Å². The molecular formula is C23H25IO3S. The van der Waals surface area contributed by atoms with Gasteiger partial charge in [-0.2, -0.15) is 0 Å². The summed E-state index contributed by atoms with van der Waals surface area (Å²) >= 11 is -2.67. The average molecular weight is 508 g/mol. The summed E-state index contributed by atoms with van der Waals surface area (Å²) in [5, 5.41) is 0. The molecule has 0 fully saturated rings. The molecule has 148 valence electrons. The number of rotatable bonds is 5. The van der Waals surface area contributed by atoms with Gasteiger partial charge >= 0.3 is 176 Å². The Morgan fingerprint density at radius 3 is 1.54 bits per heavy atom. The van der Waals surface area contributed by atoms with E-state index >= 15 is 0 Å². The molecule has 0 aliphatic rings. The molecule has 0 aliphatic heterocycles. The predicted molar refractivity (Wildman–Crippen MR) is 123 cm³/mol. The van der Waals surface area contributed by atoms with Crippen molar-refractivity contribution in [3.05, 3.63) is 95.6 Å². The molecule has 3 aromatic rings. The third-order valence-electron chi connectivity index (χ3n) is 4.79. The first kappa shape index (κ1) is 21.0. The summed E-state index contributed by atoms with van der Waals surface area (Å²) in [6, 6.07) is 19.0. The normalized spacial score (nSPS) is 12.1. The van der Waals surface area contributed by atoms with Crippen LogP contribution in [-0.2, 0) is 12.6 Å². The molecule has 0 heterocycles. The van der Waals surface area contributed by atoms with Crippen molar-refractivity contribution in [1.82, 2.24) is 0 Å². The van der Waals surface area contributed by atoms with Gasteiger partial charge in [0, 0.05) is 0 Å². The van der Waals surface area contributed by atoms with Crippen LogP contribution in [0.3, 0.4) is 0 Å². The fraction of sp³-hybridized carbons (Fsp3) is 0.217. The summed E-state index contributed by atoms with van der Waals surface area (Å²) in [5.41, 5.74) is 5.65. The Labute approximate surface area is 175 Å². The fourth-order valence-corrected chi connectivity index (χ4v) is 10.0. The zero-order valence-corrected chi connectivity index (χ0v) is 19.8. The van der Waals surface area contributed by atoms with Crippen molar-refractivity contribution < 1.29 is 10.9 Å². The van der Waals surface area contributed by atoms with Gasteiger partial charge in [-0.15, -0.1) is 0 Å². The Hall–Kier alpha value is -1.70. The molecule has 0 spiro atoms.